The summed E-state index contributed by atoms with van der Waals surface area (Å²) in [5.41, 5.74) is 5.48. The van der Waals surface area contributed by atoms with Crippen molar-refractivity contribution in [1.82, 2.24) is 14.2 Å². The van der Waals surface area contributed by atoms with Gasteiger partial charge in [-0.2, -0.15) is 4.31 Å². The first-order valence-electron chi connectivity index (χ1n) is 6.59. The van der Waals surface area contributed by atoms with Crippen molar-refractivity contribution in [3.05, 3.63) is 18.3 Å². The number of nitrogens with two attached hydrogens (primary N) is 1. The number of hydrogen-bond donors (Lipinski definition) is 2. The highest BCUT2D eigenvalue weighted by Crippen LogP contribution is 2.17. The molecule has 0 atom stereocenters. The number of β-amino-alcohol motifs (C(OH)–C–C–N with tert-alkyl or cyclic N) is 1. The molecule has 112 valence electrons. The van der Waals surface area contributed by atoms with Crippen LogP contribution in [0, 0.1) is 0 Å². The van der Waals surface area contributed by atoms with Crippen LogP contribution in [0.4, 0.5) is 5.82 Å². The van der Waals surface area contributed by atoms with E-state index in [4.69, 9.17) is 10.8 Å². The summed E-state index contributed by atoms with van der Waals surface area (Å²) in [5, 5.41) is 8.95. The Morgan fingerprint density at radius 1 is 1.25 bits per heavy atom. The third kappa shape index (κ3) is 3.45. The number of nitrogen functional groups attached to an aromatic ring is 1. The van der Waals surface area contributed by atoms with Crippen molar-refractivity contribution < 1.29 is 13.5 Å². The molecule has 2 heterocycles. The van der Waals surface area contributed by atoms with Crippen LogP contribution in [0.1, 0.15) is 6.42 Å². The number of pyridine rings is 1. The van der Waals surface area contributed by atoms with E-state index < -0.39 is 10.0 Å². The number of aliphatic hydroxyl groups is 1. The standard InChI is InChI=1S/C12H20N4O3S/c13-12-3-2-11(10-14-12)20(18,19)16-5-1-4-15(6-7-16)8-9-17/h2-3,10,17H,1,4-9H2,(H2,13,14). The maximum absolute atomic E-state index is 12.5. The molecule has 0 spiro atoms. The van der Waals surface area contributed by atoms with Crippen LogP contribution in [0.25, 0.3) is 0 Å². The SMILES string of the molecule is Nc1ccc(S(=O)(=O)N2CCCN(CCO)CC2)cn1. The van der Waals surface area contributed by atoms with Gasteiger partial charge in [0.05, 0.1) is 6.61 Å². The second kappa shape index (κ2) is 6.49. The third-order valence-corrected chi connectivity index (χ3v) is 5.24. The van der Waals surface area contributed by atoms with E-state index in [9.17, 15) is 8.42 Å². The number of sulfonamides is 1. The summed E-state index contributed by atoms with van der Waals surface area (Å²) in [6.45, 7) is 3.00. The average Bonchev–Trinajstić information content (AvgIpc) is 2.66. The maximum Gasteiger partial charge on any atom is 0.244 e. The molecule has 0 saturated carbocycles. The number of anilines is 1. The quantitative estimate of drug-likeness (QED) is 0.767. The zero-order valence-corrected chi connectivity index (χ0v) is 12.1. The van der Waals surface area contributed by atoms with Gasteiger partial charge in [-0.25, -0.2) is 13.4 Å². The van der Waals surface area contributed by atoms with Crippen molar-refractivity contribution in [2.45, 2.75) is 11.3 Å². The van der Waals surface area contributed by atoms with Crippen LogP contribution in [-0.2, 0) is 10.0 Å². The van der Waals surface area contributed by atoms with Crippen LogP contribution in [0.3, 0.4) is 0 Å². The van der Waals surface area contributed by atoms with Gasteiger partial charge in [-0.05, 0) is 25.1 Å². The number of hydrogen-bond acceptors (Lipinski definition) is 6. The number of aliphatic hydroxyl groups excluding tert-OH is 1. The van der Waals surface area contributed by atoms with E-state index in [1.54, 1.807) is 0 Å². The maximum atomic E-state index is 12.5. The lowest BCUT2D eigenvalue weighted by Crippen LogP contribution is -2.36. The summed E-state index contributed by atoms with van der Waals surface area (Å²) in [4.78, 5) is 6.07. The van der Waals surface area contributed by atoms with Crippen molar-refractivity contribution in [2.24, 2.45) is 0 Å². The predicted octanol–water partition coefficient (Wildman–Crippen LogP) is -0.647. The monoisotopic (exact) mass is 300 g/mol. The largest absolute Gasteiger partial charge is 0.395 e. The van der Waals surface area contributed by atoms with Gasteiger partial charge in [0.25, 0.3) is 0 Å². The molecular formula is C12H20N4O3S. The highest BCUT2D eigenvalue weighted by molar-refractivity contribution is 7.89. The zero-order chi connectivity index (χ0) is 14.6. The Kier molecular flexibility index (Phi) is 4.92. The van der Waals surface area contributed by atoms with Gasteiger partial charge in [0, 0.05) is 32.4 Å². The minimum Gasteiger partial charge on any atom is -0.395 e. The minimum atomic E-state index is -3.51. The van der Waals surface area contributed by atoms with Crippen LogP contribution < -0.4 is 5.73 Å². The van der Waals surface area contributed by atoms with Gasteiger partial charge in [0.1, 0.15) is 10.7 Å². The van der Waals surface area contributed by atoms with Gasteiger partial charge >= 0.3 is 0 Å². The molecule has 0 unspecified atom stereocenters. The summed E-state index contributed by atoms with van der Waals surface area (Å²) in [6, 6.07) is 2.97. The normalized spacial score (nSPS) is 18.9. The molecule has 1 saturated heterocycles. The minimum absolute atomic E-state index is 0.0919. The van der Waals surface area contributed by atoms with Crippen LogP contribution in [-0.4, -0.2) is 67.0 Å². The topological polar surface area (TPSA) is 99.8 Å². The Morgan fingerprint density at radius 3 is 2.70 bits per heavy atom. The number of nitrogens with zero attached hydrogens (tertiary/aromatic N) is 3. The smallest absolute Gasteiger partial charge is 0.244 e. The lowest BCUT2D eigenvalue weighted by atomic mass is 10.4. The predicted molar refractivity (Wildman–Crippen MR) is 75.6 cm³/mol. The van der Waals surface area contributed by atoms with Crippen LogP contribution in [0.5, 0.6) is 0 Å². The Hall–Kier alpha value is -1.22. The molecule has 1 fully saturated rings. The molecule has 2 rings (SSSR count). The van der Waals surface area contributed by atoms with Crippen LogP contribution >= 0.6 is 0 Å². The fourth-order valence-electron chi connectivity index (χ4n) is 2.25. The van der Waals surface area contributed by atoms with Crippen molar-refractivity contribution in [2.75, 3.05) is 45.1 Å². The van der Waals surface area contributed by atoms with Gasteiger partial charge in [0.2, 0.25) is 10.0 Å². The first-order valence-corrected chi connectivity index (χ1v) is 8.03. The zero-order valence-electron chi connectivity index (χ0n) is 11.3. The molecule has 1 aliphatic heterocycles. The molecule has 7 nitrogen and oxygen atoms in total. The van der Waals surface area contributed by atoms with Crippen molar-refractivity contribution >= 4 is 15.8 Å². The van der Waals surface area contributed by atoms with Crippen molar-refractivity contribution in [3.8, 4) is 0 Å². The second-order valence-corrected chi connectivity index (χ2v) is 6.68. The summed E-state index contributed by atoms with van der Waals surface area (Å²) in [5.74, 6) is 0.300. The molecule has 0 bridgehead atoms. The van der Waals surface area contributed by atoms with E-state index in [1.165, 1.54) is 22.6 Å². The van der Waals surface area contributed by atoms with E-state index in [0.717, 1.165) is 13.0 Å². The molecule has 1 aromatic heterocycles. The van der Waals surface area contributed by atoms with Crippen molar-refractivity contribution in [1.29, 1.82) is 0 Å². The van der Waals surface area contributed by atoms with E-state index in [-0.39, 0.29) is 11.5 Å². The fourth-order valence-corrected chi connectivity index (χ4v) is 3.66. The second-order valence-electron chi connectivity index (χ2n) is 4.74. The Bertz CT molecular complexity index is 532. The van der Waals surface area contributed by atoms with E-state index in [1.807, 2.05) is 0 Å². The fraction of sp³-hybridized carbons (Fsp3) is 0.583. The van der Waals surface area contributed by atoms with Crippen LogP contribution in [0.2, 0.25) is 0 Å². The molecule has 0 aliphatic carbocycles. The summed E-state index contributed by atoms with van der Waals surface area (Å²) < 4.78 is 26.5. The lowest BCUT2D eigenvalue weighted by molar-refractivity contribution is 0.202. The van der Waals surface area contributed by atoms with Crippen molar-refractivity contribution in [3.63, 3.8) is 0 Å². The Morgan fingerprint density at radius 2 is 2.05 bits per heavy atom. The summed E-state index contributed by atoms with van der Waals surface area (Å²) in [7, 11) is -3.51. The lowest BCUT2D eigenvalue weighted by Gasteiger charge is -2.21. The summed E-state index contributed by atoms with van der Waals surface area (Å²) >= 11 is 0. The van der Waals surface area contributed by atoms with E-state index >= 15 is 0 Å². The van der Waals surface area contributed by atoms with E-state index in [2.05, 4.69) is 9.88 Å². The average molecular weight is 300 g/mol. The van der Waals surface area contributed by atoms with Gasteiger partial charge in [0.15, 0.2) is 0 Å². The van der Waals surface area contributed by atoms with Gasteiger partial charge in [-0.1, -0.05) is 0 Å². The third-order valence-electron chi connectivity index (χ3n) is 3.36. The Balaban J connectivity index is 2.11. The summed E-state index contributed by atoms with van der Waals surface area (Å²) in [6.07, 6.45) is 2.04. The first kappa shape index (κ1) is 15.2. The van der Waals surface area contributed by atoms with E-state index in [0.29, 0.717) is 32.0 Å². The Labute approximate surface area is 119 Å². The molecule has 0 aromatic carbocycles. The molecule has 20 heavy (non-hydrogen) atoms. The molecule has 1 aromatic rings. The van der Waals surface area contributed by atoms with Gasteiger partial charge in [-0.3, -0.25) is 4.90 Å². The molecule has 0 amide bonds. The first-order chi connectivity index (χ1) is 9.54. The number of rotatable bonds is 4. The molecule has 3 N–H and O–H groups in total. The molecule has 0 radical (unpaired) electrons. The molecule has 8 heteroatoms. The number of aromatic nitrogens is 1. The van der Waals surface area contributed by atoms with Crippen LogP contribution in [0.15, 0.2) is 23.2 Å². The molecular weight excluding hydrogens is 280 g/mol. The van der Waals surface area contributed by atoms with Gasteiger partial charge < -0.3 is 10.8 Å². The van der Waals surface area contributed by atoms with Gasteiger partial charge in [-0.15, -0.1) is 0 Å². The highest BCUT2D eigenvalue weighted by Gasteiger charge is 2.26. The molecule has 1 aliphatic rings. The highest BCUT2D eigenvalue weighted by atomic mass is 32.2.